The standard InChI is InChI=1S/C16H28ClNO2/c1-14(2)16(20)18-13-11-9-7-5-3-4-6-8-10-12-15(17)19/h1,3-13H2,2H3,(H,18,20). The van der Waals surface area contributed by atoms with Gasteiger partial charge in [0.1, 0.15) is 0 Å². The predicted octanol–water partition coefficient (Wildman–Crippen LogP) is 4.35. The molecule has 0 aromatic carbocycles. The first kappa shape index (κ1) is 19.2. The van der Waals surface area contributed by atoms with Gasteiger partial charge in [0.2, 0.25) is 11.1 Å². The number of rotatable bonds is 13. The maximum Gasteiger partial charge on any atom is 0.246 e. The summed E-state index contributed by atoms with van der Waals surface area (Å²) in [6, 6.07) is 0. The van der Waals surface area contributed by atoms with Crippen molar-refractivity contribution in [2.75, 3.05) is 6.54 Å². The first-order chi connectivity index (χ1) is 9.54. The molecular weight excluding hydrogens is 274 g/mol. The Morgan fingerprint density at radius 1 is 0.900 bits per heavy atom. The number of nitrogens with one attached hydrogen (secondary N) is 1. The van der Waals surface area contributed by atoms with Gasteiger partial charge in [-0.25, -0.2) is 0 Å². The number of hydrogen-bond donors (Lipinski definition) is 1. The summed E-state index contributed by atoms with van der Waals surface area (Å²) in [6.07, 6.45) is 10.9. The van der Waals surface area contributed by atoms with E-state index in [0.29, 0.717) is 12.0 Å². The van der Waals surface area contributed by atoms with Gasteiger partial charge in [0.15, 0.2) is 0 Å². The monoisotopic (exact) mass is 301 g/mol. The first-order valence-corrected chi connectivity index (χ1v) is 8.04. The molecule has 0 aliphatic rings. The summed E-state index contributed by atoms with van der Waals surface area (Å²) < 4.78 is 0. The molecule has 0 saturated heterocycles. The lowest BCUT2D eigenvalue weighted by Crippen LogP contribution is -2.24. The Morgan fingerprint density at radius 3 is 1.80 bits per heavy atom. The highest BCUT2D eigenvalue weighted by molar-refractivity contribution is 6.63. The van der Waals surface area contributed by atoms with Crippen LogP contribution in [-0.2, 0) is 9.59 Å². The van der Waals surface area contributed by atoms with Crippen LogP contribution in [0.4, 0.5) is 0 Å². The zero-order valence-corrected chi connectivity index (χ0v) is 13.4. The van der Waals surface area contributed by atoms with Crippen LogP contribution >= 0.6 is 11.6 Å². The summed E-state index contributed by atoms with van der Waals surface area (Å²) >= 11 is 5.27. The van der Waals surface area contributed by atoms with E-state index in [9.17, 15) is 9.59 Å². The highest BCUT2D eigenvalue weighted by Crippen LogP contribution is 2.11. The number of carbonyl (C=O) groups excluding carboxylic acids is 2. The third-order valence-electron chi connectivity index (χ3n) is 3.22. The molecule has 4 heteroatoms. The molecule has 0 aromatic rings. The Hall–Kier alpha value is -0.830. The molecule has 0 unspecified atom stereocenters. The lowest BCUT2D eigenvalue weighted by molar-refractivity contribution is -0.117. The number of halogens is 1. The molecule has 0 bridgehead atoms. The highest BCUT2D eigenvalue weighted by atomic mass is 35.5. The zero-order chi connectivity index (χ0) is 15.2. The van der Waals surface area contributed by atoms with Crippen molar-refractivity contribution < 1.29 is 9.59 Å². The summed E-state index contributed by atoms with van der Waals surface area (Å²) in [6.45, 7) is 6.07. The van der Waals surface area contributed by atoms with Gasteiger partial charge < -0.3 is 5.32 Å². The molecule has 0 atom stereocenters. The fraction of sp³-hybridized carbons (Fsp3) is 0.750. The Balaban J connectivity index is 3.12. The Kier molecular flexibility index (Phi) is 12.6. The van der Waals surface area contributed by atoms with Gasteiger partial charge >= 0.3 is 0 Å². The van der Waals surface area contributed by atoms with E-state index >= 15 is 0 Å². The second-order valence-corrected chi connectivity index (χ2v) is 5.74. The molecule has 0 aliphatic heterocycles. The summed E-state index contributed by atoms with van der Waals surface area (Å²) in [7, 11) is 0. The summed E-state index contributed by atoms with van der Waals surface area (Å²) in [5.74, 6) is -0.0413. The molecule has 0 aliphatic carbocycles. The van der Waals surface area contributed by atoms with Crippen molar-refractivity contribution in [1.82, 2.24) is 5.32 Å². The molecule has 0 fully saturated rings. The van der Waals surface area contributed by atoms with Crippen LogP contribution in [0.5, 0.6) is 0 Å². The van der Waals surface area contributed by atoms with E-state index in [1.54, 1.807) is 6.92 Å². The SMILES string of the molecule is C=C(C)C(=O)NCCCCCCCCCCCC(=O)Cl. The van der Waals surface area contributed by atoms with Crippen molar-refractivity contribution in [3.8, 4) is 0 Å². The lowest BCUT2D eigenvalue weighted by Gasteiger charge is -2.04. The minimum atomic E-state index is -0.219. The van der Waals surface area contributed by atoms with Gasteiger partial charge in [-0.2, -0.15) is 0 Å². The Labute approximate surface area is 128 Å². The third kappa shape index (κ3) is 13.6. The number of hydrogen-bond acceptors (Lipinski definition) is 2. The van der Waals surface area contributed by atoms with Crippen LogP contribution in [0.1, 0.15) is 71.1 Å². The number of carbonyl (C=O) groups is 2. The average molecular weight is 302 g/mol. The van der Waals surface area contributed by atoms with Crippen LogP contribution in [0.3, 0.4) is 0 Å². The van der Waals surface area contributed by atoms with Crippen LogP contribution in [-0.4, -0.2) is 17.7 Å². The van der Waals surface area contributed by atoms with Gasteiger partial charge in [-0.3, -0.25) is 9.59 Å². The Bertz CT molecular complexity index is 303. The van der Waals surface area contributed by atoms with E-state index in [1.807, 2.05) is 0 Å². The van der Waals surface area contributed by atoms with Crippen molar-refractivity contribution in [2.24, 2.45) is 0 Å². The van der Waals surface area contributed by atoms with Gasteiger partial charge in [-0.05, 0) is 31.4 Å². The molecule has 0 aromatic heterocycles. The van der Waals surface area contributed by atoms with Gasteiger partial charge in [-0.1, -0.05) is 51.5 Å². The minimum Gasteiger partial charge on any atom is -0.352 e. The molecule has 0 spiro atoms. The van der Waals surface area contributed by atoms with E-state index in [4.69, 9.17) is 11.6 Å². The molecule has 1 N–H and O–H groups in total. The molecule has 0 saturated carbocycles. The number of unbranched alkanes of at least 4 members (excludes halogenated alkanes) is 8. The topological polar surface area (TPSA) is 46.2 Å². The molecule has 0 heterocycles. The predicted molar refractivity (Wildman–Crippen MR) is 84.9 cm³/mol. The lowest BCUT2D eigenvalue weighted by atomic mass is 10.1. The largest absolute Gasteiger partial charge is 0.352 e. The van der Waals surface area contributed by atoms with E-state index in [1.165, 1.54) is 32.1 Å². The maximum atomic E-state index is 11.2. The van der Waals surface area contributed by atoms with Gasteiger partial charge in [-0.15, -0.1) is 0 Å². The summed E-state index contributed by atoms with van der Waals surface area (Å²) in [4.78, 5) is 21.7. The van der Waals surface area contributed by atoms with Crippen LogP contribution in [0, 0.1) is 0 Å². The Morgan fingerprint density at radius 2 is 1.35 bits per heavy atom. The average Bonchev–Trinajstić information content (AvgIpc) is 2.39. The first-order valence-electron chi connectivity index (χ1n) is 7.66. The fourth-order valence-corrected chi connectivity index (χ4v) is 2.11. The zero-order valence-electron chi connectivity index (χ0n) is 12.7. The fourth-order valence-electron chi connectivity index (χ4n) is 1.98. The molecule has 20 heavy (non-hydrogen) atoms. The molecule has 116 valence electrons. The van der Waals surface area contributed by atoms with Crippen molar-refractivity contribution in [2.45, 2.75) is 71.1 Å². The highest BCUT2D eigenvalue weighted by Gasteiger charge is 1.99. The second kappa shape index (κ2) is 13.2. The maximum absolute atomic E-state index is 11.2. The molecule has 0 rings (SSSR count). The van der Waals surface area contributed by atoms with E-state index in [-0.39, 0.29) is 11.1 Å². The van der Waals surface area contributed by atoms with Gasteiger partial charge in [0, 0.05) is 18.5 Å². The van der Waals surface area contributed by atoms with Crippen LogP contribution in [0.15, 0.2) is 12.2 Å². The smallest absolute Gasteiger partial charge is 0.246 e. The van der Waals surface area contributed by atoms with Gasteiger partial charge in [0.05, 0.1) is 0 Å². The summed E-state index contributed by atoms with van der Waals surface area (Å²) in [5.41, 5.74) is 0.570. The van der Waals surface area contributed by atoms with Crippen molar-refractivity contribution in [3.63, 3.8) is 0 Å². The van der Waals surface area contributed by atoms with Crippen LogP contribution < -0.4 is 5.32 Å². The quantitative estimate of drug-likeness (QED) is 0.312. The minimum absolute atomic E-state index is 0.0413. The van der Waals surface area contributed by atoms with E-state index in [0.717, 1.165) is 32.2 Å². The van der Waals surface area contributed by atoms with Crippen molar-refractivity contribution in [1.29, 1.82) is 0 Å². The van der Waals surface area contributed by atoms with Crippen molar-refractivity contribution >= 4 is 22.8 Å². The van der Waals surface area contributed by atoms with E-state index in [2.05, 4.69) is 11.9 Å². The second-order valence-electron chi connectivity index (χ2n) is 5.32. The molecule has 3 nitrogen and oxygen atoms in total. The van der Waals surface area contributed by atoms with Crippen LogP contribution in [0.2, 0.25) is 0 Å². The third-order valence-corrected chi connectivity index (χ3v) is 3.41. The van der Waals surface area contributed by atoms with Crippen molar-refractivity contribution in [3.05, 3.63) is 12.2 Å². The normalized spacial score (nSPS) is 10.3. The molecule has 1 amide bonds. The van der Waals surface area contributed by atoms with Crippen LogP contribution in [0.25, 0.3) is 0 Å². The molecule has 0 radical (unpaired) electrons. The molecular formula is C16H28ClNO2. The number of amides is 1. The van der Waals surface area contributed by atoms with E-state index < -0.39 is 0 Å². The van der Waals surface area contributed by atoms with Gasteiger partial charge in [0.25, 0.3) is 0 Å². The summed E-state index contributed by atoms with van der Waals surface area (Å²) in [5, 5.41) is 2.62.